The smallest absolute Gasteiger partial charge is 0.222 e. The van der Waals surface area contributed by atoms with Crippen LogP contribution in [0.4, 0.5) is 0 Å². The minimum atomic E-state index is -0.0405. The van der Waals surface area contributed by atoms with Gasteiger partial charge in [0.15, 0.2) is 11.5 Å². The van der Waals surface area contributed by atoms with Crippen LogP contribution in [0.15, 0.2) is 28.8 Å². The van der Waals surface area contributed by atoms with Crippen molar-refractivity contribution >= 4 is 5.91 Å². The molecule has 7 nitrogen and oxygen atoms in total. The molecule has 2 aromatic rings. The van der Waals surface area contributed by atoms with E-state index in [1.807, 2.05) is 29.3 Å². The van der Waals surface area contributed by atoms with Gasteiger partial charge in [0.05, 0.1) is 27.0 Å². The summed E-state index contributed by atoms with van der Waals surface area (Å²) in [6.45, 7) is 10.3. The van der Waals surface area contributed by atoms with Gasteiger partial charge in [-0.1, -0.05) is 26.8 Å². The van der Waals surface area contributed by atoms with Crippen molar-refractivity contribution in [1.29, 1.82) is 0 Å². The van der Waals surface area contributed by atoms with Gasteiger partial charge in [0, 0.05) is 38.0 Å². The van der Waals surface area contributed by atoms with Gasteiger partial charge in [0.2, 0.25) is 11.8 Å². The molecule has 0 unspecified atom stereocenters. The number of ether oxygens (including phenoxy) is 2. The molecule has 1 saturated heterocycles. The van der Waals surface area contributed by atoms with Crippen LogP contribution in [0, 0.1) is 0 Å². The van der Waals surface area contributed by atoms with Gasteiger partial charge in [0.25, 0.3) is 0 Å². The Balaban J connectivity index is 1.50. The van der Waals surface area contributed by atoms with Crippen LogP contribution in [0.3, 0.4) is 0 Å². The van der Waals surface area contributed by atoms with E-state index in [9.17, 15) is 4.79 Å². The number of rotatable bonds is 7. The molecule has 0 aliphatic carbocycles. The molecule has 170 valence electrons. The summed E-state index contributed by atoms with van der Waals surface area (Å²) < 4.78 is 16.6. The molecule has 31 heavy (non-hydrogen) atoms. The maximum absolute atomic E-state index is 12.8. The van der Waals surface area contributed by atoms with E-state index >= 15 is 0 Å². The summed E-state index contributed by atoms with van der Waals surface area (Å²) in [6.07, 6.45) is 3.96. The summed E-state index contributed by atoms with van der Waals surface area (Å²) in [7, 11) is 3.24. The minimum absolute atomic E-state index is 0.0405. The number of carbonyl (C=O) groups is 1. The van der Waals surface area contributed by atoms with E-state index in [-0.39, 0.29) is 11.3 Å². The molecule has 3 rings (SSSR count). The molecule has 0 saturated carbocycles. The normalized spacial score (nSPS) is 15.6. The summed E-state index contributed by atoms with van der Waals surface area (Å²) in [5.41, 5.74) is 1.03. The summed E-state index contributed by atoms with van der Waals surface area (Å²) >= 11 is 0. The fourth-order valence-corrected chi connectivity index (χ4v) is 3.75. The lowest BCUT2D eigenvalue weighted by atomic mass is 9.94. The molecule has 2 heterocycles. The van der Waals surface area contributed by atoms with Crippen LogP contribution in [0.2, 0.25) is 0 Å². The van der Waals surface area contributed by atoms with E-state index in [1.54, 1.807) is 14.2 Å². The molecule has 1 amide bonds. The second-order valence-corrected chi connectivity index (χ2v) is 9.07. The first-order chi connectivity index (χ1) is 14.8. The molecule has 7 heteroatoms. The molecule has 1 fully saturated rings. The quantitative estimate of drug-likeness (QED) is 0.669. The Labute approximate surface area is 185 Å². The van der Waals surface area contributed by atoms with Crippen LogP contribution in [0.1, 0.15) is 50.8 Å². The van der Waals surface area contributed by atoms with Gasteiger partial charge in [-0.25, -0.2) is 4.98 Å². The number of hydrogen-bond donors (Lipinski definition) is 0. The largest absolute Gasteiger partial charge is 0.493 e. The van der Waals surface area contributed by atoms with E-state index in [0.29, 0.717) is 30.9 Å². The molecular weight excluding hydrogens is 394 g/mol. The maximum atomic E-state index is 12.8. The van der Waals surface area contributed by atoms with Crippen molar-refractivity contribution in [3.63, 3.8) is 0 Å². The van der Waals surface area contributed by atoms with Crippen molar-refractivity contribution in [1.82, 2.24) is 14.8 Å². The fraction of sp³-hybridized carbons (Fsp3) is 0.583. The van der Waals surface area contributed by atoms with E-state index < -0.39 is 0 Å². The van der Waals surface area contributed by atoms with E-state index in [0.717, 1.165) is 49.8 Å². The number of hydrogen-bond acceptors (Lipinski definition) is 6. The molecular formula is C24H35N3O4. The van der Waals surface area contributed by atoms with E-state index in [4.69, 9.17) is 13.9 Å². The average molecular weight is 430 g/mol. The molecule has 0 atom stereocenters. The Morgan fingerprint density at radius 1 is 1.10 bits per heavy atom. The van der Waals surface area contributed by atoms with E-state index in [1.165, 1.54) is 0 Å². The van der Waals surface area contributed by atoms with Gasteiger partial charge in [-0.15, -0.1) is 0 Å². The van der Waals surface area contributed by atoms with Crippen LogP contribution < -0.4 is 9.47 Å². The number of methoxy groups -OCH3 is 2. The molecule has 0 spiro atoms. The van der Waals surface area contributed by atoms with Gasteiger partial charge in [0.1, 0.15) is 5.76 Å². The zero-order chi connectivity index (χ0) is 22.4. The monoisotopic (exact) mass is 429 g/mol. The standard InChI is InChI=1S/C24H35N3O4/c1-24(2,3)21-16-25-22(31-21)17-26-11-6-12-27(14-13-26)23(28)10-8-18-7-9-19(29-4)20(15-18)30-5/h7,9,15-16H,6,8,10-14,17H2,1-5H3. The van der Waals surface area contributed by atoms with Crippen LogP contribution in [-0.4, -0.2) is 61.1 Å². The number of aryl methyl sites for hydroxylation is 1. The predicted molar refractivity (Wildman–Crippen MR) is 120 cm³/mol. The Bertz CT molecular complexity index is 872. The molecule has 1 aliphatic rings. The third kappa shape index (κ3) is 6.23. The Kier molecular flexibility index (Phi) is 7.59. The first kappa shape index (κ1) is 23.1. The number of aromatic nitrogens is 1. The molecule has 1 aromatic carbocycles. The molecule has 0 bridgehead atoms. The second kappa shape index (κ2) is 10.2. The molecule has 0 radical (unpaired) electrons. The lowest BCUT2D eigenvalue weighted by Gasteiger charge is -2.21. The summed E-state index contributed by atoms with van der Waals surface area (Å²) in [5, 5.41) is 0. The average Bonchev–Trinajstić information content (AvgIpc) is 3.10. The van der Waals surface area contributed by atoms with Gasteiger partial charge >= 0.3 is 0 Å². The fourth-order valence-electron chi connectivity index (χ4n) is 3.75. The zero-order valence-corrected chi connectivity index (χ0v) is 19.4. The number of carbonyl (C=O) groups excluding carboxylic acids is 1. The minimum Gasteiger partial charge on any atom is -0.493 e. The Hall–Kier alpha value is -2.54. The van der Waals surface area contributed by atoms with Crippen LogP contribution in [-0.2, 0) is 23.2 Å². The number of amides is 1. The highest BCUT2D eigenvalue weighted by Crippen LogP contribution is 2.28. The highest BCUT2D eigenvalue weighted by molar-refractivity contribution is 5.76. The zero-order valence-electron chi connectivity index (χ0n) is 19.4. The van der Waals surface area contributed by atoms with Crippen molar-refractivity contribution in [2.24, 2.45) is 0 Å². The van der Waals surface area contributed by atoms with Gasteiger partial charge in [-0.2, -0.15) is 0 Å². The summed E-state index contributed by atoms with van der Waals surface area (Å²) in [4.78, 5) is 21.5. The number of nitrogens with zero attached hydrogens (tertiary/aromatic N) is 3. The summed E-state index contributed by atoms with van der Waals surface area (Å²) in [6, 6.07) is 5.82. The third-order valence-corrected chi connectivity index (χ3v) is 5.67. The molecule has 1 aromatic heterocycles. The van der Waals surface area contributed by atoms with Gasteiger partial charge in [-0.3, -0.25) is 9.69 Å². The molecule has 1 aliphatic heterocycles. The highest BCUT2D eigenvalue weighted by atomic mass is 16.5. The number of benzene rings is 1. The van der Waals surface area contributed by atoms with Crippen molar-refractivity contribution in [2.45, 2.75) is 52.0 Å². The highest BCUT2D eigenvalue weighted by Gasteiger charge is 2.22. The summed E-state index contributed by atoms with van der Waals surface area (Å²) in [5.74, 6) is 3.25. The Morgan fingerprint density at radius 2 is 1.87 bits per heavy atom. The SMILES string of the molecule is COc1ccc(CCC(=O)N2CCCN(Cc3ncc(C(C)(C)C)o3)CC2)cc1OC. The lowest BCUT2D eigenvalue weighted by molar-refractivity contribution is -0.131. The van der Waals surface area contributed by atoms with Crippen LogP contribution >= 0.6 is 0 Å². The van der Waals surface area contributed by atoms with Crippen molar-refractivity contribution in [3.05, 3.63) is 41.6 Å². The van der Waals surface area contributed by atoms with E-state index in [2.05, 4.69) is 30.7 Å². The van der Waals surface area contributed by atoms with Crippen molar-refractivity contribution in [2.75, 3.05) is 40.4 Å². The van der Waals surface area contributed by atoms with Crippen molar-refractivity contribution in [3.8, 4) is 11.5 Å². The van der Waals surface area contributed by atoms with Crippen LogP contribution in [0.5, 0.6) is 11.5 Å². The molecule has 0 N–H and O–H groups in total. The third-order valence-electron chi connectivity index (χ3n) is 5.67. The van der Waals surface area contributed by atoms with Crippen molar-refractivity contribution < 1.29 is 18.7 Å². The van der Waals surface area contributed by atoms with Gasteiger partial charge in [-0.05, 0) is 30.5 Å². The topological polar surface area (TPSA) is 68.0 Å². The van der Waals surface area contributed by atoms with Crippen LogP contribution in [0.25, 0.3) is 0 Å². The predicted octanol–water partition coefficient (Wildman–Crippen LogP) is 3.66. The number of oxazole rings is 1. The Morgan fingerprint density at radius 3 is 2.55 bits per heavy atom. The first-order valence-electron chi connectivity index (χ1n) is 11.0. The lowest BCUT2D eigenvalue weighted by Crippen LogP contribution is -2.35. The second-order valence-electron chi connectivity index (χ2n) is 9.07. The first-order valence-corrected chi connectivity index (χ1v) is 11.0. The maximum Gasteiger partial charge on any atom is 0.222 e. The van der Waals surface area contributed by atoms with Gasteiger partial charge < -0.3 is 18.8 Å².